The lowest BCUT2D eigenvalue weighted by atomic mass is 9.71. The highest BCUT2D eigenvalue weighted by Gasteiger charge is 2.37. The molecule has 2 nitrogen and oxygen atoms in total. The topological polar surface area (TPSA) is 37.3 Å². The molecule has 2 unspecified atom stereocenters. The van der Waals surface area contributed by atoms with Crippen LogP contribution in [0.15, 0.2) is 0 Å². The third-order valence-electron chi connectivity index (χ3n) is 3.44. The first kappa shape index (κ1) is 9.38. The van der Waals surface area contributed by atoms with Gasteiger partial charge >= 0.3 is 5.97 Å². The molecule has 1 aliphatic carbocycles. The number of aliphatic carboxylic acids is 1. The molecule has 0 amide bonds. The summed E-state index contributed by atoms with van der Waals surface area (Å²) in [6.07, 6.45) is 4.27. The van der Waals surface area contributed by atoms with Crippen molar-refractivity contribution in [2.75, 3.05) is 11.5 Å². The van der Waals surface area contributed by atoms with Crippen molar-refractivity contribution in [2.45, 2.75) is 25.7 Å². The standard InChI is InChI=1S/C10H16O2S/c11-10(12)4-9-7-2-1-3-8(9)6-13-5-7/h7-9H,1-6H2,(H,11,12). The van der Waals surface area contributed by atoms with Crippen LogP contribution in [0.1, 0.15) is 25.7 Å². The Kier molecular flexibility index (Phi) is 2.82. The number of carboxylic acids is 1. The van der Waals surface area contributed by atoms with Crippen LogP contribution >= 0.6 is 11.8 Å². The fourth-order valence-electron chi connectivity index (χ4n) is 2.77. The number of fused-ring (bicyclic) bond motifs is 2. The maximum Gasteiger partial charge on any atom is 0.303 e. The fourth-order valence-corrected chi connectivity index (χ4v) is 4.34. The summed E-state index contributed by atoms with van der Waals surface area (Å²) in [6.45, 7) is 0. The molecule has 0 aromatic rings. The predicted molar refractivity (Wildman–Crippen MR) is 53.9 cm³/mol. The highest BCUT2D eigenvalue weighted by molar-refractivity contribution is 7.99. The maximum absolute atomic E-state index is 10.7. The molecule has 2 atom stereocenters. The van der Waals surface area contributed by atoms with E-state index >= 15 is 0 Å². The largest absolute Gasteiger partial charge is 0.481 e. The average molecular weight is 200 g/mol. The van der Waals surface area contributed by atoms with E-state index in [1.807, 2.05) is 11.8 Å². The highest BCUT2D eigenvalue weighted by Crippen LogP contribution is 2.44. The summed E-state index contributed by atoms with van der Waals surface area (Å²) in [5, 5.41) is 8.81. The van der Waals surface area contributed by atoms with Gasteiger partial charge in [0.1, 0.15) is 0 Å². The number of carboxylic acid groups (broad SMARTS) is 1. The Hall–Kier alpha value is -0.180. The zero-order valence-corrected chi connectivity index (χ0v) is 8.55. The molecule has 1 N–H and O–H groups in total. The van der Waals surface area contributed by atoms with E-state index < -0.39 is 5.97 Å². The molecule has 1 heterocycles. The van der Waals surface area contributed by atoms with Crippen molar-refractivity contribution in [2.24, 2.45) is 17.8 Å². The van der Waals surface area contributed by atoms with Gasteiger partial charge in [-0.2, -0.15) is 11.8 Å². The van der Waals surface area contributed by atoms with E-state index in [0.717, 1.165) is 0 Å². The quantitative estimate of drug-likeness (QED) is 0.742. The molecule has 2 rings (SSSR count). The number of hydrogen-bond acceptors (Lipinski definition) is 2. The van der Waals surface area contributed by atoms with Gasteiger partial charge in [-0.05, 0) is 42.1 Å². The van der Waals surface area contributed by atoms with Crippen LogP contribution in [-0.2, 0) is 4.79 Å². The van der Waals surface area contributed by atoms with Gasteiger partial charge in [0.2, 0.25) is 0 Å². The SMILES string of the molecule is O=C(O)CC1C2CCCC1CSC2. The van der Waals surface area contributed by atoms with E-state index in [-0.39, 0.29) is 0 Å². The van der Waals surface area contributed by atoms with E-state index in [1.54, 1.807) is 0 Å². The second-order valence-corrected chi connectivity index (χ2v) is 5.33. The summed E-state index contributed by atoms with van der Waals surface area (Å²) < 4.78 is 0. The molecule has 0 radical (unpaired) electrons. The maximum atomic E-state index is 10.7. The van der Waals surface area contributed by atoms with Crippen LogP contribution < -0.4 is 0 Å². The summed E-state index contributed by atoms with van der Waals surface area (Å²) in [6, 6.07) is 0. The van der Waals surface area contributed by atoms with E-state index in [2.05, 4.69) is 0 Å². The van der Waals surface area contributed by atoms with Gasteiger partial charge in [-0.1, -0.05) is 6.42 Å². The minimum atomic E-state index is -0.603. The summed E-state index contributed by atoms with van der Waals surface area (Å²) >= 11 is 2.02. The van der Waals surface area contributed by atoms with Crippen molar-refractivity contribution < 1.29 is 9.90 Å². The lowest BCUT2D eigenvalue weighted by molar-refractivity contribution is -0.139. The molecule has 2 fully saturated rings. The van der Waals surface area contributed by atoms with Gasteiger partial charge < -0.3 is 5.11 Å². The normalized spacial score (nSPS) is 38.6. The minimum absolute atomic E-state index is 0.413. The van der Waals surface area contributed by atoms with E-state index in [0.29, 0.717) is 24.2 Å². The lowest BCUT2D eigenvalue weighted by Crippen LogP contribution is -2.36. The second kappa shape index (κ2) is 3.91. The Morgan fingerprint density at radius 3 is 2.46 bits per heavy atom. The van der Waals surface area contributed by atoms with Crippen LogP contribution in [0, 0.1) is 17.8 Å². The molecule has 0 aromatic carbocycles. The molecule has 2 aliphatic rings. The third-order valence-corrected chi connectivity index (χ3v) is 4.76. The molecule has 74 valence electrons. The third kappa shape index (κ3) is 2.01. The van der Waals surface area contributed by atoms with Crippen LogP contribution in [0.4, 0.5) is 0 Å². The van der Waals surface area contributed by atoms with Gasteiger partial charge in [-0.25, -0.2) is 0 Å². The van der Waals surface area contributed by atoms with Crippen molar-refractivity contribution in [1.82, 2.24) is 0 Å². The van der Waals surface area contributed by atoms with Crippen molar-refractivity contribution >= 4 is 17.7 Å². The molecule has 1 saturated heterocycles. The van der Waals surface area contributed by atoms with Gasteiger partial charge in [0.15, 0.2) is 0 Å². The monoisotopic (exact) mass is 200 g/mol. The number of hydrogen-bond donors (Lipinski definition) is 1. The van der Waals surface area contributed by atoms with Crippen molar-refractivity contribution in [1.29, 1.82) is 0 Å². The van der Waals surface area contributed by atoms with Crippen molar-refractivity contribution in [3.05, 3.63) is 0 Å². The molecule has 1 aliphatic heterocycles. The number of thioether (sulfide) groups is 1. The molecular formula is C10H16O2S. The van der Waals surface area contributed by atoms with Crippen molar-refractivity contribution in [3.8, 4) is 0 Å². The van der Waals surface area contributed by atoms with E-state index in [1.165, 1.54) is 30.8 Å². The zero-order valence-electron chi connectivity index (χ0n) is 7.74. The number of carbonyl (C=O) groups is 1. The van der Waals surface area contributed by atoms with Crippen molar-refractivity contribution in [3.63, 3.8) is 0 Å². The summed E-state index contributed by atoms with van der Waals surface area (Å²) in [5.41, 5.74) is 0. The van der Waals surface area contributed by atoms with E-state index in [9.17, 15) is 4.79 Å². The molecule has 3 heteroatoms. The van der Waals surface area contributed by atoms with Gasteiger partial charge in [-0.3, -0.25) is 4.79 Å². The highest BCUT2D eigenvalue weighted by atomic mass is 32.2. The van der Waals surface area contributed by atoms with Crippen LogP contribution in [0.3, 0.4) is 0 Å². The van der Waals surface area contributed by atoms with Crippen LogP contribution in [0.5, 0.6) is 0 Å². The Morgan fingerprint density at radius 2 is 1.92 bits per heavy atom. The predicted octanol–water partition coefficient (Wildman–Crippen LogP) is 2.24. The molecule has 0 aromatic heterocycles. The second-order valence-electron chi connectivity index (χ2n) is 4.25. The first-order valence-corrected chi connectivity index (χ1v) is 6.22. The smallest absolute Gasteiger partial charge is 0.303 e. The first-order chi connectivity index (χ1) is 6.27. The fraction of sp³-hybridized carbons (Fsp3) is 0.900. The Bertz CT molecular complexity index is 183. The van der Waals surface area contributed by atoms with E-state index in [4.69, 9.17) is 5.11 Å². The van der Waals surface area contributed by atoms with Gasteiger partial charge in [0.25, 0.3) is 0 Å². The minimum Gasteiger partial charge on any atom is -0.481 e. The zero-order chi connectivity index (χ0) is 9.26. The average Bonchev–Trinajstić information content (AvgIpc) is 2.02. The van der Waals surface area contributed by atoms with Crippen LogP contribution in [0.2, 0.25) is 0 Å². The summed E-state index contributed by atoms with van der Waals surface area (Å²) in [4.78, 5) is 10.7. The molecular weight excluding hydrogens is 184 g/mol. The molecule has 13 heavy (non-hydrogen) atoms. The molecule has 1 saturated carbocycles. The van der Waals surface area contributed by atoms with Crippen LogP contribution in [0.25, 0.3) is 0 Å². The summed E-state index contributed by atoms with van der Waals surface area (Å²) in [7, 11) is 0. The summed E-state index contributed by atoms with van der Waals surface area (Å²) in [5.74, 6) is 3.70. The lowest BCUT2D eigenvalue weighted by Gasteiger charge is -2.41. The Labute approximate surface area is 83.1 Å². The van der Waals surface area contributed by atoms with Gasteiger partial charge in [0, 0.05) is 6.42 Å². The first-order valence-electron chi connectivity index (χ1n) is 5.07. The Morgan fingerprint density at radius 1 is 1.31 bits per heavy atom. The van der Waals surface area contributed by atoms with Gasteiger partial charge in [-0.15, -0.1) is 0 Å². The number of rotatable bonds is 2. The molecule has 0 spiro atoms. The molecule has 2 bridgehead atoms. The Balaban J connectivity index is 2.02. The van der Waals surface area contributed by atoms with Gasteiger partial charge in [0.05, 0.1) is 0 Å². The van der Waals surface area contributed by atoms with Crippen LogP contribution in [-0.4, -0.2) is 22.6 Å².